The highest BCUT2D eigenvalue weighted by atomic mass is 16.5. The van der Waals surface area contributed by atoms with Crippen molar-refractivity contribution in [2.45, 2.75) is 19.3 Å². The van der Waals surface area contributed by atoms with Gasteiger partial charge < -0.3 is 4.74 Å². The van der Waals surface area contributed by atoms with Crippen molar-refractivity contribution in [3.05, 3.63) is 23.3 Å². The molecule has 1 heterocycles. The summed E-state index contributed by atoms with van der Waals surface area (Å²) in [6, 6.07) is 0. The fourth-order valence-electron chi connectivity index (χ4n) is 1.57. The van der Waals surface area contributed by atoms with Gasteiger partial charge in [0.15, 0.2) is 0 Å². The van der Waals surface area contributed by atoms with Crippen molar-refractivity contribution in [2.24, 2.45) is 0 Å². The molecule has 0 amide bonds. The van der Waals surface area contributed by atoms with E-state index >= 15 is 0 Å². The molecule has 0 N–H and O–H groups in total. The van der Waals surface area contributed by atoms with Gasteiger partial charge >= 0.3 is 0 Å². The lowest BCUT2D eigenvalue weighted by atomic mass is 9.93. The second-order valence-corrected chi connectivity index (χ2v) is 2.87. The largest absolute Gasteiger partial charge is 0.373 e. The van der Waals surface area contributed by atoms with Gasteiger partial charge in [0.05, 0.1) is 13.2 Å². The average Bonchev–Trinajstić information content (AvgIpc) is 2.05. The fraction of sp³-hybridized carbons (Fsp3) is 0.556. The molecule has 0 aromatic carbocycles. The molecule has 0 aromatic heterocycles. The minimum absolute atomic E-state index is 0.826. The van der Waals surface area contributed by atoms with Gasteiger partial charge in [0.2, 0.25) is 0 Å². The van der Waals surface area contributed by atoms with Gasteiger partial charge in [-0.25, -0.2) is 0 Å². The minimum atomic E-state index is 0.826. The van der Waals surface area contributed by atoms with Crippen molar-refractivity contribution < 1.29 is 4.74 Å². The Kier molecular flexibility index (Phi) is 1.60. The Hall–Kier alpha value is -0.560. The first-order valence-electron chi connectivity index (χ1n) is 3.93. The normalized spacial score (nSPS) is 24.8. The van der Waals surface area contributed by atoms with Gasteiger partial charge in [0.1, 0.15) is 0 Å². The maximum absolute atomic E-state index is 5.29. The average molecular weight is 136 g/mol. The first-order valence-corrected chi connectivity index (χ1v) is 3.93. The van der Waals surface area contributed by atoms with Crippen LogP contribution in [0.3, 0.4) is 0 Å². The standard InChI is InChI=1S/C9H12O/c1-2-4-9-7-10-6-5-8(9)3-1/h4-5H,1-3,6-7H2. The van der Waals surface area contributed by atoms with Crippen LogP contribution in [-0.2, 0) is 4.74 Å². The van der Waals surface area contributed by atoms with E-state index in [1.807, 2.05) is 0 Å². The molecule has 1 nitrogen and oxygen atoms in total. The maximum atomic E-state index is 5.29. The second kappa shape index (κ2) is 2.59. The lowest BCUT2D eigenvalue weighted by Gasteiger charge is -2.20. The molecule has 2 rings (SSSR count). The highest BCUT2D eigenvalue weighted by molar-refractivity contribution is 5.35. The van der Waals surface area contributed by atoms with Crippen LogP contribution in [0.5, 0.6) is 0 Å². The van der Waals surface area contributed by atoms with Gasteiger partial charge in [-0.2, -0.15) is 0 Å². The number of allylic oxidation sites excluding steroid dienone is 1. The van der Waals surface area contributed by atoms with Gasteiger partial charge in [0.25, 0.3) is 0 Å². The summed E-state index contributed by atoms with van der Waals surface area (Å²) in [5.74, 6) is 0. The predicted molar refractivity (Wildman–Crippen MR) is 40.8 cm³/mol. The van der Waals surface area contributed by atoms with Crippen molar-refractivity contribution >= 4 is 0 Å². The Morgan fingerprint density at radius 2 is 2.20 bits per heavy atom. The first-order chi connectivity index (χ1) is 4.97. The van der Waals surface area contributed by atoms with E-state index in [0.29, 0.717) is 0 Å². The number of fused-ring (bicyclic) bond motifs is 1. The molecule has 54 valence electrons. The Morgan fingerprint density at radius 3 is 3.10 bits per heavy atom. The molecule has 1 aliphatic carbocycles. The molecule has 0 fully saturated rings. The molecule has 0 aromatic rings. The molecule has 0 saturated heterocycles. The topological polar surface area (TPSA) is 9.23 Å². The molecule has 1 heteroatoms. The Morgan fingerprint density at radius 1 is 1.20 bits per heavy atom. The monoisotopic (exact) mass is 136 g/mol. The zero-order valence-corrected chi connectivity index (χ0v) is 6.10. The lowest BCUT2D eigenvalue weighted by Crippen LogP contribution is -2.10. The SMILES string of the molecule is C1=C2CCCC=C2COC1. The van der Waals surface area contributed by atoms with Crippen molar-refractivity contribution in [3.8, 4) is 0 Å². The minimum Gasteiger partial charge on any atom is -0.373 e. The molecule has 0 atom stereocenters. The quantitative estimate of drug-likeness (QED) is 0.495. The molecular weight excluding hydrogens is 124 g/mol. The van der Waals surface area contributed by atoms with Crippen LogP contribution < -0.4 is 0 Å². The number of ether oxygens (including phenoxy) is 1. The van der Waals surface area contributed by atoms with Gasteiger partial charge in [-0.1, -0.05) is 12.2 Å². The summed E-state index contributed by atoms with van der Waals surface area (Å²) in [5, 5.41) is 0. The first kappa shape index (κ1) is 6.17. The maximum Gasteiger partial charge on any atom is 0.0720 e. The van der Waals surface area contributed by atoms with Crippen LogP contribution in [0.1, 0.15) is 19.3 Å². The zero-order valence-electron chi connectivity index (χ0n) is 6.10. The van der Waals surface area contributed by atoms with E-state index in [2.05, 4.69) is 12.2 Å². The number of hydrogen-bond donors (Lipinski definition) is 0. The number of hydrogen-bond acceptors (Lipinski definition) is 1. The van der Waals surface area contributed by atoms with Crippen molar-refractivity contribution in [1.82, 2.24) is 0 Å². The van der Waals surface area contributed by atoms with E-state index in [1.54, 1.807) is 0 Å². The van der Waals surface area contributed by atoms with Crippen LogP contribution in [0.25, 0.3) is 0 Å². The third-order valence-corrected chi connectivity index (χ3v) is 2.16. The van der Waals surface area contributed by atoms with Gasteiger partial charge in [-0.3, -0.25) is 0 Å². The van der Waals surface area contributed by atoms with E-state index in [0.717, 1.165) is 13.2 Å². The third-order valence-electron chi connectivity index (χ3n) is 2.16. The van der Waals surface area contributed by atoms with Crippen molar-refractivity contribution in [3.63, 3.8) is 0 Å². The highest BCUT2D eigenvalue weighted by Gasteiger charge is 2.12. The van der Waals surface area contributed by atoms with Crippen LogP contribution in [0.4, 0.5) is 0 Å². The highest BCUT2D eigenvalue weighted by Crippen LogP contribution is 2.26. The van der Waals surface area contributed by atoms with Gasteiger partial charge in [-0.05, 0) is 30.4 Å². The molecule has 0 radical (unpaired) electrons. The molecular formula is C9H12O. The van der Waals surface area contributed by atoms with E-state index < -0.39 is 0 Å². The zero-order chi connectivity index (χ0) is 6.81. The van der Waals surface area contributed by atoms with E-state index in [1.165, 1.54) is 30.4 Å². The summed E-state index contributed by atoms with van der Waals surface area (Å²) < 4.78 is 5.29. The van der Waals surface area contributed by atoms with E-state index in [4.69, 9.17) is 4.74 Å². The summed E-state index contributed by atoms with van der Waals surface area (Å²) in [7, 11) is 0. The van der Waals surface area contributed by atoms with Gasteiger partial charge in [0, 0.05) is 0 Å². The van der Waals surface area contributed by atoms with Crippen LogP contribution in [0.2, 0.25) is 0 Å². The molecule has 0 bridgehead atoms. The summed E-state index contributed by atoms with van der Waals surface area (Å²) in [4.78, 5) is 0. The van der Waals surface area contributed by atoms with Gasteiger partial charge in [-0.15, -0.1) is 0 Å². The Balaban J connectivity index is 2.25. The second-order valence-electron chi connectivity index (χ2n) is 2.87. The number of rotatable bonds is 0. The summed E-state index contributed by atoms with van der Waals surface area (Å²) in [6.07, 6.45) is 8.38. The predicted octanol–water partition coefficient (Wildman–Crippen LogP) is 2.05. The Bertz CT molecular complexity index is 167. The summed E-state index contributed by atoms with van der Waals surface area (Å²) in [6.45, 7) is 1.68. The molecule has 1 aliphatic heterocycles. The van der Waals surface area contributed by atoms with Crippen LogP contribution in [-0.4, -0.2) is 13.2 Å². The van der Waals surface area contributed by atoms with Crippen molar-refractivity contribution in [2.75, 3.05) is 13.2 Å². The summed E-state index contributed by atoms with van der Waals surface area (Å²) >= 11 is 0. The Labute approximate surface area is 61.4 Å². The summed E-state index contributed by atoms with van der Waals surface area (Å²) in [5.41, 5.74) is 2.98. The van der Waals surface area contributed by atoms with E-state index in [-0.39, 0.29) is 0 Å². The fourth-order valence-corrected chi connectivity index (χ4v) is 1.57. The smallest absolute Gasteiger partial charge is 0.0720 e. The molecule has 2 aliphatic rings. The molecule has 0 saturated carbocycles. The van der Waals surface area contributed by atoms with Crippen molar-refractivity contribution in [1.29, 1.82) is 0 Å². The third kappa shape index (κ3) is 1.01. The molecule has 0 unspecified atom stereocenters. The molecule has 0 spiro atoms. The lowest BCUT2D eigenvalue weighted by molar-refractivity contribution is 0.178. The van der Waals surface area contributed by atoms with E-state index in [9.17, 15) is 0 Å². The van der Waals surface area contributed by atoms with Crippen LogP contribution in [0, 0.1) is 0 Å². The molecule has 10 heavy (non-hydrogen) atoms. The van der Waals surface area contributed by atoms with Crippen LogP contribution in [0.15, 0.2) is 23.3 Å². The van der Waals surface area contributed by atoms with Crippen LogP contribution >= 0.6 is 0 Å².